The second-order valence-corrected chi connectivity index (χ2v) is 6.48. The van der Waals surface area contributed by atoms with Crippen molar-refractivity contribution in [3.8, 4) is 0 Å². The van der Waals surface area contributed by atoms with Crippen LogP contribution in [-0.4, -0.2) is 20.6 Å². The van der Waals surface area contributed by atoms with Gasteiger partial charge in [0.05, 0.1) is 17.6 Å². The van der Waals surface area contributed by atoms with Crippen LogP contribution in [0.3, 0.4) is 0 Å². The molecule has 2 unspecified atom stereocenters. The first-order chi connectivity index (χ1) is 8.37. The molecule has 2 N–H and O–H groups in total. The molecule has 1 saturated carbocycles. The van der Waals surface area contributed by atoms with Gasteiger partial charge in [0.25, 0.3) is 0 Å². The molecule has 0 saturated heterocycles. The summed E-state index contributed by atoms with van der Waals surface area (Å²) in [7, 11) is -3.35. The monoisotopic (exact) mass is 268 g/mol. The number of nitrogens with one attached hydrogen (secondary N) is 2. The van der Waals surface area contributed by atoms with E-state index in [2.05, 4.69) is 10.0 Å². The van der Waals surface area contributed by atoms with E-state index >= 15 is 0 Å². The number of rotatable bonds is 4. The Bertz CT molecular complexity index is 568. The summed E-state index contributed by atoms with van der Waals surface area (Å²) in [6.45, 7) is 2.02. The Morgan fingerprint density at radius 1 is 1.28 bits per heavy atom. The lowest BCUT2D eigenvalue weighted by Crippen LogP contribution is -2.17. The van der Waals surface area contributed by atoms with Gasteiger partial charge in [-0.3, -0.25) is 9.52 Å². The van der Waals surface area contributed by atoms with Gasteiger partial charge in [-0.2, -0.15) is 0 Å². The van der Waals surface area contributed by atoms with Crippen molar-refractivity contribution in [2.45, 2.75) is 13.3 Å². The first kappa shape index (κ1) is 12.9. The van der Waals surface area contributed by atoms with Crippen LogP contribution in [0.1, 0.15) is 13.3 Å². The molecule has 2 atom stereocenters. The zero-order valence-corrected chi connectivity index (χ0v) is 11.1. The van der Waals surface area contributed by atoms with E-state index in [-0.39, 0.29) is 11.8 Å². The van der Waals surface area contributed by atoms with Crippen LogP contribution in [0.15, 0.2) is 24.3 Å². The highest BCUT2D eigenvalue weighted by molar-refractivity contribution is 7.92. The Morgan fingerprint density at radius 2 is 1.83 bits per heavy atom. The third-order valence-corrected chi connectivity index (χ3v) is 3.52. The second kappa shape index (κ2) is 4.61. The molecule has 1 aliphatic carbocycles. The number of benzene rings is 1. The van der Waals surface area contributed by atoms with E-state index in [1.807, 2.05) is 6.92 Å². The molecule has 1 aromatic rings. The fourth-order valence-electron chi connectivity index (χ4n) is 1.79. The zero-order chi connectivity index (χ0) is 13.3. The minimum atomic E-state index is -3.35. The van der Waals surface area contributed by atoms with Gasteiger partial charge in [-0.05, 0) is 24.5 Å². The normalized spacial score (nSPS) is 22.3. The molecule has 0 bridgehead atoms. The number of carbonyl (C=O) groups excluding carboxylic acids is 1. The van der Waals surface area contributed by atoms with Gasteiger partial charge in [0.2, 0.25) is 15.9 Å². The van der Waals surface area contributed by atoms with Gasteiger partial charge in [-0.1, -0.05) is 19.1 Å². The number of sulfonamides is 1. The highest BCUT2D eigenvalue weighted by Crippen LogP contribution is 2.39. The fourth-order valence-corrected chi connectivity index (χ4v) is 2.37. The summed E-state index contributed by atoms with van der Waals surface area (Å²) in [4.78, 5) is 11.8. The van der Waals surface area contributed by atoms with E-state index in [0.717, 1.165) is 12.7 Å². The van der Waals surface area contributed by atoms with Gasteiger partial charge >= 0.3 is 0 Å². The Labute approximate surface area is 107 Å². The number of carbonyl (C=O) groups is 1. The molecule has 2 rings (SSSR count). The fraction of sp³-hybridized carbons (Fsp3) is 0.417. The molecular formula is C12H16N2O3S. The second-order valence-electron chi connectivity index (χ2n) is 4.73. The number of hydrogen-bond donors (Lipinski definition) is 2. The first-order valence-corrected chi connectivity index (χ1v) is 7.63. The summed E-state index contributed by atoms with van der Waals surface area (Å²) in [6, 6.07) is 6.76. The summed E-state index contributed by atoms with van der Waals surface area (Å²) >= 11 is 0. The van der Waals surface area contributed by atoms with Crippen LogP contribution in [0.5, 0.6) is 0 Å². The van der Waals surface area contributed by atoms with Crippen molar-refractivity contribution in [3.63, 3.8) is 0 Å². The minimum Gasteiger partial charge on any atom is -0.324 e. The number of anilines is 2. The topological polar surface area (TPSA) is 75.3 Å². The Balaban J connectivity index is 2.15. The quantitative estimate of drug-likeness (QED) is 0.872. The molecule has 1 amide bonds. The third kappa shape index (κ3) is 3.22. The molecule has 18 heavy (non-hydrogen) atoms. The zero-order valence-electron chi connectivity index (χ0n) is 10.3. The Hall–Kier alpha value is -1.56. The van der Waals surface area contributed by atoms with Gasteiger partial charge in [-0.15, -0.1) is 0 Å². The van der Waals surface area contributed by atoms with Crippen LogP contribution in [0, 0.1) is 11.8 Å². The summed E-state index contributed by atoms with van der Waals surface area (Å²) in [5.41, 5.74) is 0.883. The van der Waals surface area contributed by atoms with Gasteiger partial charge in [0, 0.05) is 5.92 Å². The Morgan fingerprint density at radius 3 is 2.33 bits per heavy atom. The van der Waals surface area contributed by atoms with E-state index in [0.29, 0.717) is 17.3 Å². The summed E-state index contributed by atoms with van der Waals surface area (Å²) in [5, 5.41) is 2.76. The molecule has 0 heterocycles. The molecule has 1 fully saturated rings. The molecule has 0 aromatic heterocycles. The molecule has 1 aliphatic rings. The lowest BCUT2D eigenvalue weighted by atomic mass is 10.2. The SMILES string of the molecule is CC1CC1C(=O)Nc1ccccc1NS(C)(=O)=O. The lowest BCUT2D eigenvalue weighted by Gasteiger charge is -2.11. The predicted molar refractivity (Wildman–Crippen MR) is 70.8 cm³/mol. The van der Waals surface area contributed by atoms with E-state index in [1.54, 1.807) is 24.3 Å². The maximum absolute atomic E-state index is 11.8. The molecular weight excluding hydrogens is 252 g/mol. The van der Waals surface area contributed by atoms with Crippen LogP contribution >= 0.6 is 0 Å². The van der Waals surface area contributed by atoms with Gasteiger partial charge in [-0.25, -0.2) is 8.42 Å². The molecule has 5 nitrogen and oxygen atoms in total. The molecule has 1 aromatic carbocycles. The number of hydrogen-bond acceptors (Lipinski definition) is 3. The van der Waals surface area contributed by atoms with Crippen LogP contribution in [-0.2, 0) is 14.8 Å². The van der Waals surface area contributed by atoms with Crippen molar-refractivity contribution in [2.75, 3.05) is 16.3 Å². The van der Waals surface area contributed by atoms with Crippen molar-refractivity contribution in [1.82, 2.24) is 0 Å². The highest BCUT2D eigenvalue weighted by Gasteiger charge is 2.39. The smallest absolute Gasteiger partial charge is 0.229 e. The molecule has 0 aliphatic heterocycles. The van der Waals surface area contributed by atoms with Crippen molar-refractivity contribution in [3.05, 3.63) is 24.3 Å². The third-order valence-electron chi connectivity index (χ3n) is 2.93. The summed E-state index contributed by atoms with van der Waals surface area (Å²) in [6.07, 6.45) is 1.97. The maximum atomic E-state index is 11.8. The minimum absolute atomic E-state index is 0.0507. The van der Waals surface area contributed by atoms with E-state index < -0.39 is 10.0 Å². The standard InChI is InChI=1S/C12H16N2O3S/c1-8-7-9(8)12(15)13-10-5-3-4-6-11(10)14-18(2,16)17/h3-6,8-9,14H,7H2,1-2H3,(H,13,15). The van der Waals surface area contributed by atoms with E-state index in [9.17, 15) is 13.2 Å². The van der Waals surface area contributed by atoms with E-state index in [4.69, 9.17) is 0 Å². The van der Waals surface area contributed by atoms with Crippen molar-refractivity contribution < 1.29 is 13.2 Å². The molecule has 0 spiro atoms. The van der Waals surface area contributed by atoms with Crippen LogP contribution < -0.4 is 10.0 Å². The van der Waals surface area contributed by atoms with Gasteiger partial charge in [0.1, 0.15) is 0 Å². The van der Waals surface area contributed by atoms with Crippen LogP contribution in [0.2, 0.25) is 0 Å². The average Bonchev–Trinajstić information content (AvgIpc) is 2.96. The van der Waals surface area contributed by atoms with Gasteiger partial charge in [0.15, 0.2) is 0 Å². The summed E-state index contributed by atoms with van der Waals surface area (Å²) in [5.74, 6) is 0.418. The molecule has 0 radical (unpaired) electrons. The lowest BCUT2D eigenvalue weighted by molar-refractivity contribution is -0.117. The highest BCUT2D eigenvalue weighted by atomic mass is 32.2. The molecule has 98 valence electrons. The predicted octanol–water partition coefficient (Wildman–Crippen LogP) is 1.65. The largest absolute Gasteiger partial charge is 0.324 e. The van der Waals surface area contributed by atoms with Gasteiger partial charge < -0.3 is 5.32 Å². The number of para-hydroxylation sites is 2. The molecule has 6 heteroatoms. The first-order valence-electron chi connectivity index (χ1n) is 5.74. The van der Waals surface area contributed by atoms with Crippen molar-refractivity contribution >= 4 is 27.3 Å². The van der Waals surface area contributed by atoms with Crippen molar-refractivity contribution in [2.24, 2.45) is 11.8 Å². The van der Waals surface area contributed by atoms with Crippen LogP contribution in [0.4, 0.5) is 11.4 Å². The Kier molecular flexibility index (Phi) is 3.30. The average molecular weight is 268 g/mol. The number of amides is 1. The van der Waals surface area contributed by atoms with E-state index in [1.165, 1.54) is 0 Å². The van der Waals surface area contributed by atoms with Crippen LogP contribution in [0.25, 0.3) is 0 Å². The summed E-state index contributed by atoms with van der Waals surface area (Å²) < 4.78 is 24.8. The maximum Gasteiger partial charge on any atom is 0.229 e. The van der Waals surface area contributed by atoms with Crippen molar-refractivity contribution in [1.29, 1.82) is 0 Å².